The van der Waals surface area contributed by atoms with Crippen LogP contribution in [0, 0.1) is 5.92 Å². The molecule has 0 aliphatic carbocycles. The number of hydrogen-bond donors (Lipinski definition) is 0. The molecule has 1 heteroatoms. The van der Waals surface area contributed by atoms with Crippen LogP contribution in [-0.4, -0.2) is 6.29 Å². The van der Waals surface area contributed by atoms with Gasteiger partial charge in [-0.25, -0.2) is 0 Å². The van der Waals surface area contributed by atoms with Gasteiger partial charge in [-0.2, -0.15) is 0 Å². The van der Waals surface area contributed by atoms with E-state index in [1.807, 2.05) is 6.08 Å². The summed E-state index contributed by atoms with van der Waals surface area (Å²) in [6.45, 7) is 4.40. The average Bonchev–Trinajstić information content (AvgIpc) is 1.98. The standard InChI is InChI=1S/C9H15O/c1-3-9(2)7-5-4-6-8-10/h4,6,9H,3,5,7H2,1-2H3/b6-4+. The second kappa shape index (κ2) is 6.53. The summed E-state index contributed by atoms with van der Waals surface area (Å²) in [7, 11) is 0. The van der Waals surface area contributed by atoms with Gasteiger partial charge < -0.3 is 0 Å². The Labute approximate surface area is 63.1 Å². The molecule has 0 saturated heterocycles. The summed E-state index contributed by atoms with van der Waals surface area (Å²) in [6.07, 6.45) is 8.45. The molecule has 0 fully saturated rings. The van der Waals surface area contributed by atoms with Gasteiger partial charge in [-0.1, -0.05) is 26.3 Å². The van der Waals surface area contributed by atoms with Crippen molar-refractivity contribution in [1.29, 1.82) is 0 Å². The van der Waals surface area contributed by atoms with E-state index in [9.17, 15) is 4.79 Å². The number of allylic oxidation sites excluding steroid dienone is 2. The highest BCUT2D eigenvalue weighted by molar-refractivity contribution is 5.65. The topological polar surface area (TPSA) is 17.1 Å². The molecular weight excluding hydrogens is 124 g/mol. The first-order valence-electron chi connectivity index (χ1n) is 3.84. The Morgan fingerprint density at radius 1 is 1.60 bits per heavy atom. The zero-order chi connectivity index (χ0) is 7.82. The number of rotatable bonds is 5. The fraction of sp³-hybridized carbons (Fsp3) is 0.667. The molecule has 0 amide bonds. The highest BCUT2D eigenvalue weighted by Crippen LogP contribution is 2.08. The maximum absolute atomic E-state index is 9.71. The van der Waals surface area contributed by atoms with Gasteiger partial charge in [0, 0.05) is 0 Å². The molecule has 0 aliphatic rings. The molecule has 0 bridgehead atoms. The summed E-state index contributed by atoms with van der Waals surface area (Å²) in [4.78, 5) is 9.71. The third-order valence-corrected chi connectivity index (χ3v) is 1.71. The Hall–Kier alpha value is -0.590. The van der Waals surface area contributed by atoms with E-state index in [1.54, 1.807) is 6.29 Å². The zero-order valence-electron chi connectivity index (χ0n) is 6.76. The molecule has 57 valence electrons. The van der Waals surface area contributed by atoms with E-state index in [-0.39, 0.29) is 0 Å². The van der Waals surface area contributed by atoms with Crippen molar-refractivity contribution in [3.05, 3.63) is 12.2 Å². The van der Waals surface area contributed by atoms with Gasteiger partial charge in [-0.05, 0) is 24.8 Å². The molecule has 0 spiro atoms. The Balaban J connectivity index is 3.18. The number of hydrogen-bond acceptors (Lipinski definition) is 1. The van der Waals surface area contributed by atoms with Gasteiger partial charge in [0.15, 0.2) is 0 Å². The van der Waals surface area contributed by atoms with E-state index in [1.165, 1.54) is 18.9 Å². The summed E-state index contributed by atoms with van der Waals surface area (Å²) in [5.41, 5.74) is 0. The van der Waals surface area contributed by atoms with Gasteiger partial charge in [0.1, 0.15) is 0 Å². The lowest BCUT2D eigenvalue weighted by molar-refractivity contribution is 0.521. The quantitative estimate of drug-likeness (QED) is 0.535. The fourth-order valence-electron chi connectivity index (χ4n) is 0.716. The smallest absolute Gasteiger partial charge is 0.225 e. The van der Waals surface area contributed by atoms with Crippen LogP contribution in [-0.2, 0) is 4.79 Å². The minimum atomic E-state index is 0.774. The third kappa shape index (κ3) is 5.54. The van der Waals surface area contributed by atoms with E-state index in [2.05, 4.69) is 13.8 Å². The first-order valence-corrected chi connectivity index (χ1v) is 3.84. The molecule has 0 aromatic carbocycles. The molecule has 10 heavy (non-hydrogen) atoms. The Bertz CT molecular complexity index is 105. The van der Waals surface area contributed by atoms with Crippen molar-refractivity contribution >= 4 is 6.29 Å². The first kappa shape index (κ1) is 9.41. The Kier molecular flexibility index (Phi) is 6.14. The van der Waals surface area contributed by atoms with Crippen LogP contribution in [0.2, 0.25) is 0 Å². The van der Waals surface area contributed by atoms with Gasteiger partial charge in [-0.3, -0.25) is 4.79 Å². The molecule has 0 aromatic rings. The lowest BCUT2D eigenvalue weighted by atomic mass is 10.0. The second-order valence-corrected chi connectivity index (χ2v) is 2.61. The normalized spacial score (nSPS) is 13.8. The third-order valence-electron chi connectivity index (χ3n) is 1.71. The van der Waals surface area contributed by atoms with Crippen LogP contribution in [0.25, 0.3) is 0 Å². The minimum absolute atomic E-state index is 0.774. The maximum atomic E-state index is 9.71. The van der Waals surface area contributed by atoms with E-state index < -0.39 is 0 Å². The molecule has 0 saturated carbocycles. The van der Waals surface area contributed by atoms with Crippen LogP contribution in [0.1, 0.15) is 33.1 Å². The van der Waals surface area contributed by atoms with Gasteiger partial charge in [0.05, 0.1) is 0 Å². The summed E-state index contributed by atoms with van der Waals surface area (Å²) >= 11 is 0. The van der Waals surface area contributed by atoms with Crippen molar-refractivity contribution in [2.75, 3.05) is 0 Å². The molecule has 1 nitrogen and oxygen atoms in total. The molecule has 0 rings (SSSR count). The average molecular weight is 139 g/mol. The van der Waals surface area contributed by atoms with Crippen molar-refractivity contribution in [3.8, 4) is 0 Å². The molecule has 1 atom stereocenters. The first-order chi connectivity index (χ1) is 4.81. The van der Waals surface area contributed by atoms with E-state index in [0.29, 0.717) is 0 Å². The maximum Gasteiger partial charge on any atom is 0.225 e. The molecule has 1 unspecified atom stereocenters. The van der Waals surface area contributed by atoms with Crippen molar-refractivity contribution in [2.24, 2.45) is 5.92 Å². The zero-order valence-corrected chi connectivity index (χ0v) is 6.76. The second-order valence-electron chi connectivity index (χ2n) is 2.61. The van der Waals surface area contributed by atoms with E-state index in [4.69, 9.17) is 0 Å². The van der Waals surface area contributed by atoms with Crippen LogP contribution in [0.3, 0.4) is 0 Å². The molecule has 0 aromatic heterocycles. The monoisotopic (exact) mass is 139 g/mol. The van der Waals surface area contributed by atoms with Gasteiger partial charge in [-0.15, -0.1) is 0 Å². The molecule has 0 N–H and O–H groups in total. The van der Waals surface area contributed by atoms with Gasteiger partial charge in [0.25, 0.3) is 0 Å². The van der Waals surface area contributed by atoms with Crippen molar-refractivity contribution in [3.63, 3.8) is 0 Å². The predicted octanol–water partition coefficient (Wildman–Crippen LogP) is 2.48. The fourth-order valence-corrected chi connectivity index (χ4v) is 0.716. The predicted molar refractivity (Wildman–Crippen MR) is 43.5 cm³/mol. The highest BCUT2D eigenvalue weighted by Gasteiger charge is 1.94. The van der Waals surface area contributed by atoms with Crippen LogP contribution in [0.4, 0.5) is 0 Å². The van der Waals surface area contributed by atoms with Crippen molar-refractivity contribution in [1.82, 2.24) is 0 Å². The molecular formula is C9H15O. The van der Waals surface area contributed by atoms with Crippen molar-refractivity contribution < 1.29 is 4.79 Å². The van der Waals surface area contributed by atoms with Gasteiger partial charge in [0.2, 0.25) is 6.29 Å². The Morgan fingerprint density at radius 3 is 2.80 bits per heavy atom. The minimum Gasteiger partial charge on any atom is -0.286 e. The van der Waals surface area contributed by atoms with Gasteiger partial charge >= 0.3 is 0 Å². The highest BCUT2D eigenvalue weighted by atomic mass is 16.1. The van der Waals surface area contributed by atoms with Crippen molar-refractivity contribution in [2.45, 2.75) is 33.1 Å². The van der Waals surface area contributed by atoms with Crippen LogP contribution < -0.4 is 0 Å². The Morgan fingerprint density at radius 2 is 2.30 bits per heavy atom. The van der Waals surface area contributed by atoms with Crippen LogP contribution in [0.15, 0.2) is 12.2 Å². The lowest BCUT2D eigenvalue weighted by Crippen LogP contribution is -1.89. The van der Waals surface area contributed by atoms with E-state index >= 15 is 0 Å². The van der Waals surface area contributed by atoms with E-state index in [0.717, 1.165) is 12.3 Å². The van der Waals surface area contributed by atoms with Crippen LogP contribution >= 0.6 is 0 Å². The summed E-state index contributed by atoms with van der Waals surface area (Å²) in [5.74, 6) is 0.774. The molecule has 0 aliphatic heterocycles. The van der Waals surface area contributed by atoms with Crippen LogP contribution in [0.5, 0.6) is 0 Å². The summed E-state index contributed by atoms with van der Waals surface area (Å²) in [5, 5.41) is 0. The number of carbonyl (C=O) groups excluding carboxylic acids is 1. The summed E-state index contributed by atoms with van der Waals surface area (Å²) < 4.78 is 0. The molecule has 1 radical (unpaired) electrons. The largest absolute Gasteiger partial charge is 0.286 e. The SMILES string of the molecule is CCC(C)CC/C=C/[C]=O. The summed E-state index contributed by atoms with van der Waals surface area (Å²) in [6, 6.07) is 0. The molecule has 0 heterocycles. The lowest BCUT2D eigenvalue weighted by Gasteiger charge is -2.03.